The van der Waals surface area contributed by atoms with Crippen molar-refractivity contribution in [1.82, 2.24) is 10.6 Å². The minimum atomic E-state index is -0.450. The number of nitrogens with one attached hydrogen (secondary N) is 2. The van der Waals surface area contributed by atoms with E-state index in [9.17, 15) is 4.79 Å². The Bertz CT molecular complexity index is 144. The van der Waals surface area contributed by atoms with Crippen LogP contribution in [-0.2, 0) is 0 Å². The highest BCUT2D eigenvalue weighted by Gasteiger charge is 2.04. The van der Waals surface area contributed by atoms with Crippen LogP contribution in [0.1, 0.15) is 39.5 Å². The van der Waals surface area contributed by atoms with Gasteiger partial charge in [0.05, 0.1) is 0 Å². The SMILES string of the molecule is CCCC(CCC)NCCNC(N)=O. The largest absolute Gasteiger partial charge is 0.352 e. The lowest BCUT2D eigenvalue weighted by Gasteiger charge is -2.17. The Morgan fingerprint density at radius 1 is 1.21 bits per heavy atom. The van der Waals surface area contributed by atoms with Gasteiger partial charge in [-0.3, -0.25) is 0 Å². The van der Waals surface area contributed by atoms with E-state index in [1.807, 2.05) is 0 Å². The van der Waals surface area contributed by atoms with Crippen molar-refractivity contribution in [2.45, 2.75) is 45.6 Å². The summed E-state index contributed by atoms with van der Waals surface area (Å²) in [5, 5.41) is 5.97. The summed E-state index contributed by atoms with van der Waals surface area (Å²) in [6.07, 6.45) is 4.79. The quantitative estimate of drug-likeness (QED) is 0.517. The van der Waals surface area contributed by atoms with Gasteiger partial charge in [0.25, 0.3) is 0 Å². The molecule has 4 N–H and O–H groups in total. The molecule has 0 aliphatic rings. The molecule has 0 spiro atoms. The van der Waals surface area contributed by atoms with Crippen LogP contribution < -0.4 is 16.4 Å². The van der Waals surface area contributed by atoms with Crippen molar-refractivity contribution in [2.75, 3.05) is 13.1 Å². The van der Waals surface area contributed by atoms with Crippen LogP contribution >= 0.6 is 0 Å². The lowest BCUT2D eigenvalue weighted by molar-refractivity contribution is 0.248. The molecule has 0 saturated heterocycles. The van der Waals surface area contributed by atoms with Gasteiger partial charge in [0.1, 0.15) is 0 Å². The fourth-order valence-corrected chi connectivity index (χ4v) is 1.51. The van der Waals surface area contributed by atoms with E-state index >= 15 is 0 Å². The number of hydrogen-bond donors (Lipinski definition) is 3. The molecule has 0 rings (SSSR count). The molecule has 84 valence electrons. The molecular formula is C10H23N3O. The summed E-state index contributed by atoms with van der Waals surface area (Å²) in [4.78, 5) is 10.4. The van der Waals surface area contributed by atoms with Gasteiger partial charge in [-0.2, -0.15) is 0 Å². The van der Waals surface area contributed by atoms with Gasteiger partial charge in [-0.25, -0.2) is 4.79 Å². The van der Waals surface area contributed by atoms with Crippen LogP contribution in [0.4, 0.5) is 4.79 Å². The first-order valence-electron chi connectivity index (χ1n) is 5.47. The Hall–Kier alpha value is -0.770. The maximum Gasteiger partial charge on any atom is 0.312 e. The second kappa shape index (κ2) is 8.81. The zero-order chi connectivity index (χ0) is 10.8. The van der Waals surface area contributed by atoms with E-state index < -0.39 is 6.03 Å². The molecule has 0 fully saturated rings. The number of nitrogens with two attached hydrogens (primary N) is 1. The van der Waals surface area contributed by atoms with Crippen molar-refractivity contribution < 1.29 is 4.79 Å². The molecule has 0 unspecified atom stereocenters. The molecule has 0 aromatic heterocycles. The van der Waals surface area contributed by atoms with Crippen molar-refractivity contribution >= 4 is 6.03 Å². The fourth-order valence-electron chi connectivity index (χ4n) is 1.51. The highest BCUT2D eigenvalue weighted by Crippen LogP contribution is 2.03. The minimum Gasteiger partial charge on any atom is -0.352 e. The number of urea groups is 1. The first-order valence-corrected chi connectivity index (χ1v) is 5.47. The number of hydrogen-bond acceptors (Lipinski definition) is 2. The van der Waals surface area contributed by atoms with Crippen LogP contribution in [0.5, 0.6) is 0 Å². The minimum absolute atomic E-state index is 0.450. The van der Waals surface area contributed by atoms with Gasteiger partial charge in [-0.05, 0) is 12.8 Å². The predicted molar refractivity (Wildman–Crippen MR) is 59.2 cm³/mol. The zero-order valence-electron chi connectivity index (χ0n) is 9.31. The summed E-state index contributed by atoms with van der Waals surface area (Å²) in [6.45, 7) is 5.78. The number of rotatable bonds is 8. The zero-order valence-corrected chi connectivity index (χ0v) is 9.31. The predicted octanol–water partition coefficient (Wildman–Crippen LogP) is 1.21. The van der Waals surface area contributed by atoms with E-state index in [-0.39, 0.29) is 0 Å². The maximum atomic E-state index is 10.4. The molecule has 0 atom stereocenters. The third-order valence-corrected chi connectivity index (χ3v) is 2.13. The van der Waals surface area contributed by atoms with Crippen LogP contribution in [0.25, 0.3) is 0 Å². The monoisotopic (exact) mass is 201 g/mol. The standard InChI is InChI=1S/C10H23N3O/c1-3-5-9(6-4-2)12-7-8-13-10(11)14/h9,12H,3-8H2,1-2H3,(H3,11,13,14). The number of amides is 2. The summed E-state index contributed by atoms with van der Waals surface area (Å²) < 4.78 is 0. The average Bonchev–Trinajstić information content (AvgIpc) is 2.12. The number of carbonyl (C=O) groups is 1. The molecule has 0 bridgehead atoms. The Labute approximate surface area is 86.6 Å². The van der Waals surface area contributed by atoms with Gasteiger partial charge in [-0.1, -0.05) is 26.7 Å². The normalized spacial score (nSPS) is 10.5. The Morgan fingerprint density at radius 2 is 1.79 bits per heavy atom. The molecule has 4 heteroatoms. The van der Waals surface area contributed by atoms with Crippen LogP contribution in [0.3, 0.4) is 0 Å². The molecule has 0 saturated carbocycles. The molecule has 2 amide bonds. The molecule has 14 heavy (non-hydrogen) atoms. The van der Waals surface area contributed by atoms with Crippen LogP contribution in [-0.4, -0.2) is 25.2 Å². The van der Waals surface area contributed by atoms with Crippen molar-refractivity contribution in [3.8, 4) is 0 Å². The van der Waals surface area contributed by atoms with E-state index in [0.717, 1.165) is 6.54 Å². The lowest BCUT2D eigenvalue weighted by Crippen LogP contribution is -2.38. The summed E-state index contributed by atoms with van der Waals surface area (Å²) in [5.74, 6) is 0. The topological polar surface area (TPSA) is 67.2 Å². The van der Waals surface area contributed by atoms with E-state index in [2.05, 4.69) is 24.5 Å². The highest BCUT2D eigenvalue weighted by atomic mass is 16.2. The summed E-state index contributed by atoms with van der Waals surface area (Å²) in [5.41, 5.74) is 4.95. The van der Waals surface area contributed by atoms with Crippen molar-refractivity contribution in [2.24, 2.45) is 5.73 Å². The fraction of sp³-hybridized carbons (Fsp3) is 0.900. The lowest BCUT2D eigenvalue weighted by atomic mass is 10.1. The molecule has 0 aliphatic heterocycles. The molecular weight excluding hydrogens is 178 g/mol. The molecule has 4 nitrogen and oxygen atoms in total. The van der Waals surface area contributed by atoms with Gasteiger partial charge in [0, 0.05) is 19.1 Å². The Kier molecular flexibility index (Phi) is 8.33. The van der Waals surface area contributed by atoms with E-state index in [0.29, 0.717) is 12.6 Å². The van der Waals surface area contributed by atoms with Crippen molar-refractivity contribution in [3.63, 3.8) is 0 Å². The third-order valence-electron chi connectivity index (χ3n) is 2.13. The smallest absolute Gasteiger partial charge is 0.312 e. The second-order valence-electron chi connectivity index (χ2n) is 3.52. The van der Waals surface area contributed by atoms with Crippen molar-refractivity contribution in [3.05, 3.63) is 0 Å². The molecule has 0 aromatic rings. The summed E-state index contributed by atoms with van der Waals surface area (Å²) in [7, 11) is 0. The number of primary amides is 1. The third kappa shape index (κ3) is 7.86. The molecule has 0 heterocycles. The van der Waals surface area contributed by atoms with E-state index in [1.54, 1.807) is 0 Å². The molecule has 0 aliphatic carbocycles. The van der Waals surface area contributed by atoms with E-state index in [4.69, 9.17) is 5.73 Å². The Morgan fingerprint density at radius 3 is 2.21 bits per heavy atom. The van der Waals surface area contributed by atoms with Gasteiger partial charge in [0.2, 0.25) is 0 Å². The molecule has 0 radical (unpaired) electrons. The Balaban J connectivity index is 3.44. The highest BCUT2D eigenvalue weighted by molar-refractivity contribution is 5.71. The molecule has 0 aromatic carbocycles. The summed E-state index contributed by atoms with van der Waals surface area (Å²) >= 11 is 0. The summed E-state index contributed by atoms with van der Waals surface area (Å²) in [6, 6.07) is 0.133. The maximum absolute atomic E-state index is 10.4. The first kappa shape index (κ1) is 13.2. The second-order valence-corrected chi connectivity index (χ2v) is 3.52. The van der Waals surface area contributed by atoms with E-state index in [1.165, 1.54) is 25.7 Å². The van der Waals surface area contributed by atoms with Gasteiger partial charge in [-0.15, -0.1) is 0 Å². The van der Waals surface area contributed by atoms with Gasteiger partial charge < -0.3 is 16.4 Å². The number of carbonyl (C=O) groups excluding carboxylic acids is 1. The van der Waals surface area contributed by atoms with Crippen molar-refractivity contribution in [1.29, 1.82) is 0 Å². The first-order chi connectivity index (χ1) is 6.70. The van der Waals surface area contributed by atoms with Crippen LogP contribution in [0.2, 0.25) is 0 Å². The average molecular weight is 201 g/mol. The van der Waals surface area contributed by atoms with Gasteiger partial charge >= 0.3 is 6.03 Å². The van der Waals surface area contributed by atoms with Gasteiger partial charge in [0.15, 0.2) is 0 Å². The van der Waals surface area contributed by atoms with Crippen LogP contribution in [0, 0.1) is 0 Å². The van der Waals surface area contributed by atoms with Crippen LogP contribution in [0.15, 0.2) is 0 Å².